The lowest BCUT2D eigenvalue weighted by molar-refractivity contribution is 0.171. The molecule has 4 rings (SSSR count). The standard InChI is InChI=1S/C19H25N5O4S/c1-3-20-18-12-14(2)21-19(22-18)23-6-8-24(9-7-23)29(25,26)15-4-5-16-17(13-15)28-11-10-27-16/h4-5,12-13H,3,6-11H2,1-2H3,(H,20,21,22). The largest absolute Gasteiger partial charge is 0.486 e. The summed E-state index contributed by atoms with van der Waals surface area (Å²) in [6.45, 7) is 7.38. The Balaban J connectivity index is 1.48. The van der Waals surface area contributed by atoms with E-state index in [4.69, 9.17) is 9.47 Å². The highest BCUT2D eigenvalue weighted by molar-refractivity contribution is 7.89. The zero-order chi connectivity index (χ0) is 20.4. The molecule has 0 saturated carbocycles. The predicted octanol–water partition coefficient (Wildman–Crippen LogP) is 1.50. The van der Waals surface area contributed by atoms with E-state index in [1.54, 1.807) is 18.2 Å². The number of anilines is 2. The highest BCUT2D eigenvalue weighted by Gasteiger charge is 2.30. The highest BCUT2D eigenvalue weighted by Crippen LogP contribution is 2.33. The number of nitrogens with one attached hydrogen (secondary N) is 1. The third-order valence-electron chi connectivity index (χ3n) is 4.87. The average Bonchev–Trinajstić information content (AvgIpc) is 2.73. The van der Waals surface area contributed by atoms with Crippen molar-refractivity contribution < 1.29 is 17.9 Å². The van der Waals surface area contributed by atoms with E-state index in [2.05, 4.69) is 15.3 Å². The van der Waals surface area contributed by atoms with Gasteiger partial charge in [-0.1, -0.05) is 0 Å². The number of aromatic nitrogens is 2. The van der Waals surface area contributed by atoms with E-state index in [-0.39, 0.29) is 4.90 Å². The van der Waals surface area contributed by atoms with Crippen LogP contribution < -0.4 is 19.7 Å². The molecule has 1 saturated heterocycles. The second kappa shape index (κ2) is 8.03. The number of rotatable bonds is 5. The molecule has 2 aromatic rings. The maximum Gasteiger partial charge on any atom is 0.243 e. The lowest BCUT2D eigenvalue weighted by atomic mass is 10.3. The van der Waals surface area contributed by atoms with Crippen molar-refractivity contribution in [1.82, 2.24) is 14.3 Å². The SMILES string of the molecule is CCNc1cc(C)nc(N2CCN(S(=O)(=O)c3ccc4c(c3)OCCO4)CC2)n1. The van der Waals surface area contributed by atoms with Gasteiger partial charge in [0, 0.05) is 50.6 Å². The minimum Gasteiger partial charge on any atom is -0.486 e. The number of fused-ring (bicyclic) bond motifs is 1. The first-order valence-electron chi connectivity index (χ1n) is 9.71. The van der Waals surface area contributed by atoms with Gasteiger partial charge in [-0.15, -0.1) is 0 Å². The van der Waals surface area contributed by atoms with Crippen LogP contribution in [0, 0.1) is 6.92 Å². The normalized spacial score (nSPS) is 17.2. The number of ether oxygens (including phenoxy) is 2. The fourth-order valence-corrected chi connectivity index (χ4v) is 4.87. The van der Waals surface area contributed by atoms with Crippen LogP contribution in [0.3, 0.4) is 0 Å². The molecule has 2 aliphatic rings. The van der Waals surface area contributed by atoms with Crippen molar-refractivity contribution in [3.63, 3.8) is 0 Å². The van der Waals surface area contributed by atoms with Crippen LogP contribution in [0.4, 0.5) is 11.8 Å². The van der Waals surface area contributed by atoms with E-state index in [1.165, 1.54) is 4.31 Å². The zero-order valence-electron chi connectivity index (χ0n) is 16.6. The summed E-state index contributed by atoms with van der Waals surface area (Å²) >= 11 is 0. The van der Waals surface area contributed by atoms with Gasteiger partial charge in [0.05, 0.1) is 4.90 Å². The molecular formula is C19H25N5O4S. The Morgan fingerprint density at radius 2 is 1.76 bits per heavy atom. The maximum absolute atomic E-state index is 13.1. The Hall–Kier alpha value is -2.59. The Morgan fingerprint density at radius 3 is 2.48 bits per heavy atom. The molecule has 1 N–H and O–H groups in total. The lowest BCUT2D eigenvalue weighted by Gasteiger charge is -2.34. The van der Waals surface area contributed by atoms with Gasteiger partial charge >= 0.3 is 0 Å². The molecule has 1 fully saturated rings. The third-order valence-corrected chi connectivity index (χ3v) is 6.77. The van der Waals surface area contributed by atoms with Crippen LogP contribution in [0.2, 0.25) is 0 Å². The molecule has 2 aliphatic heterocycles. The van der Waals surface area contributed by atoms with Crippen LogP contribution in [-0.2, 0) is 10.0 Å². The zero-order valence-corrected chi connectivity index (χ0v) is 17.4. The van der Waals surface area contributed by atoms with Crippen LogP contribution in [-0.4, -0.2) is 68.6 Å². The molecular weight excluding hydrogens is 394 g/mol. The number of benzene rings is 1. The lowest BCUT2D eigenvalue weighted by Crippen LogP contribution is -2.49. The van der Waals surface area contributed by atoms with Crippen LogP contribution >= 0.6 is 0 Å². The van der Waals surface area contributed by atoms with Crippen LogP contribution in [0.5, 0.6) is 11.5 Å². The van der Waals surface area contributed by atoms with Gasteiger partial charge < -0.3 is 19.7 Å². The molecule has 1 aromatic heterocycles. The maximum atomic E-state index is 13.1. The fourth-order valence-electron chi connectivity index (χ4n) is 3.43. The second-order valence-corrected chi connectivity index (χ2v) is 8.86. The van der Waals surface area contributed by atoms with Crippen molar-refractivity contribution in [2.24, 2.45) is 0 Å². The van der Waals surface area contributed by atoms with Crippen molar-refractivity contribution in [3.8, 4) is 11.5 Å². The monoisotopic (exact) mass is 419 g/mol. The molecule has 10 heteroatoms. The second-order valence-electron chi connectivity index (χ2n) is 6.92. The Morgan fingerprint density at radius 1 is 1.03 bits per heavy atom. The third kappa shape index (κ3) is 4.08. The number of sulfonamides is 1. The molecule has 29 heavy (non-hydrogen) atoms. The molecule has 0 spiro atoms. The van der Waals surface area contributed by atoms with E-state index in [0.717, 1.165) is 18.1 Å². The van der Waals surface area contributed by atoms with Crippen molar-refractivity contribution in [2.75, 3.05) is 56.2 Å². The van der Waals surface area contributed by atoms with Crippen molar-refractivity contribution in [2.45, 2.75) is 18.7 Å². The summed E-state index contributed by atoms with van der Waals surface area (Å²) in [5.41, 5.74) is 0.872. The van der Waals surface area contributed by atoms with Gasteiger partial charge in [0.1, 0.15) is 19.0 Å². The number of piperazine rings is 1. The van der Waals surface area contributed by atoms with Crippen molar-refractivity contribution in [1.29, 1.82) is 0 Å². The summed E-state index contributed by atoms with van der Waals surface area (Å²) < 4.78 is 38.7. The van der Waals surface area contributed by atoms with Crippen LogP contribution in [0.25, 0.3) is 0 Å². The van der Waals surface area contributed by atoms with Gasteiger partial charge in [0.25, 0.3) is 0 Å². The molecule has 0 bridgehead atoms. The van der Waals surface area contributed by atoms with E-state index in [9.17, 15) is 8.42 Å². The Labute approximate surface area is 170 Å². The molecule has 0 aliphatic carbocycles. The smallest absolute Gasteiger partial charge is 0.243 e. The summed E-state index contributed by atoms with van der Waals surface area (Å²) in [5, 5.41) is 3.20. The van der Waals surface area contributed by atoms with Crippen LogP contribution in [0.1, 0.15) is 12.6 Å². The summed E-state index contributed by atoms with van der Waals surface area (Å²) in [5.74, 6) is 2.45. The van der Waals surface area contributed by atoms with Gasteiger partial charge in [0.2, 0.25) is 16.0 Å². The molecule has 0 atom stereocenters. The summed E-state index contributed by atoms with van der Waals surface area (Å²) in [6.07, 6.45) is 0. The van der Waals surface area contributed by atoms with E-state index in [0.29, 0.717) is 56.8 Å². The fraction of sp³-hybridized carbons (Fsp3) is 0.474. The number of hydrogen-bond donors (Lipinski definition) is 1. The Bertz CT molecular complexity index is 990. The molecule has 156 valence electrons. The molecule has 0 radical (unpaired) electrons. The van der Waals surface area contributed by atoms with Gasteiger partial charge in [-0.2, -0.15) is 9.29 Å². The van der Waals surface area contributed by atoms with Crippen molar-refractivity contribution in [3.05, 3.63) is 30.0 Å². The average molecular weight is 420 g/mol. The number of hydrogen-bond acceptors (Lipinski definition) is 8. The number of nitrogens with zero attached hydrogens (tertiary/aromatic N) is 4. The van der Waals surface area contributed by atoms with Crippen molar-refractivity contribution >= 4 is 21.8 Å². The summed E-state index contributed by atoms with van der Waals surface area (Å²) in [4.78, 5) is 11.3. The first-order valence-corrected chi connectivity index (χ1v) is 11.2. The van der Waals surface area contributed by atoms with Gasteiger partial charge in [-0.25, -0.2) is 13.4 Å². The first-order chi connectivity index (χ1) is 14.0. The van der Waals surface area contributed by atoms with E-state index < -0.39 is 10.0 Å². The van der Waals surface area contributed by atoms with Gasteiger partial charge in [-0.05, 0) is 26.0 Å². The van der Waals surface area contributed by atoms with Gasteiger partial charge in [-0.3, -0.25) is 0 Å². The predicted molar refractivity (Wildman–Crippen MR) is 109 cm³/mol. The number of aryl methyl sites for hydroxylation is 1. The first kappa shape index (κ1) is 19.7. The minimum absolute atomic E-state index is 0.219. The molecule has 3 heterocycles. The minimum atomic E-state index is -3.61. The molecule has 9 nitrogen and oxygen atoms in total. The molecule has 1 aromatic carbocycles. The van der Waals surface area contributed by atoms with Crippen LogP contribution in [0.15, 0.2) is 29.2 Å². The Kier molecular flexibility index (Phi) is 5.46. The summed E-state index contributed by atoms with van der Waals surface area (Å²) in [6, 6.07) is 6.67. The van der Waals surface area contributed by atoms with E-state index in [1.807, 2.05) is 24.8 Å². The quantitative estimate of drug-likeness (QED) is 0.779. The topological polar surface area (TPSA) is 96.9 Å². The van der Waals surface area contributed by atoms with Gasteiger partial charge in [0.15, 0.2) is 11.5 Å². The van der Waals surface area contributed by atoms with E-state index >= 15 is 0 Å². The molecule has 0 amide bonds. The highest BCUT2D eigenvalue weighted by atomic mass is 32.2. The summed E-state index contributed by atoms with van der Waals surface area (Å²) in [7, 11) is -3.61. The molecule has 0 unspecified atom stereocenters.